The maximum absolute atomic E-state index is 11.8. The minimum Gasteiger partial charge on any atom is -0.363 e. The van der Waals surface area contributed by atoms with Gasteiger partial charge in [0.15, 0.2) is 0 Å². The molecule has 0 bridgehead atoms. The maximum atomic E-state index is 11.8. The molecule has 0 aliphatic carbocycles. The van der Waals surface area contributed by atoms with Crippen molar-refractivity contribution < 1.29 is 8.42 Å². The molecule has 0 radical (unpaired) electrons. The van der Waals surface area contributed by atoms with E-state index in [-0.39, 0.29) is 18.0 Å². The zero-order valence-electron chi connectivity index (χ0n) is 8.40. The standard InChI is InChI=1S/C9H13N3O2S/c1-3-4-12(2)15(13,14)9-5-8(6-10)11-7-9/h1,5,7,11H,4,6,10H2,2H3. The van der Waals surface area contributed by atoms with Gasteiger partial charge in [-0.25, -0.2) is 8.42 Å². The molecule has 0 spiro atoms. The van der Waals surface area contributed by atoms with Crippen LogP contribution < -0.4 is 5.73 Å². The van der Waals surface area contributed by atoms with E-state index >= 15 is 0 Å². The fraction of sp³-hybridized carbons (Fsp3) is 0.333. The van der Waals surface area contributed by atoms with Crippen LogP contribution in [-0.2, 0) is 16.6 Å². The molecule has 0 aliphatic rings. The molecule has 0 unspecified atom stereocenters. The molecule has 82 valence electrons. The van der Waals surface area contributed by atoms with Crippen LogP contribution in [0.15, 0.2) is 17.2 Å². The van der Waals surface area contributed by atoms with Gasteiger partial charge in [-0.05, 0) is 6.07 Å². The summed E-state index contributed by atoms with van der Waals surface area (Å²) in [6.07, 6.45) is 6.46. The number of aromatic amines is 1. The Kier molecular flexibility index (Phi) is 3.52. The van der Waals surface area contributed by atoms with Crippen molar-refractivity contribution in [1.29, 1.82) is 0 Å². The molecular formula is C9H13N3O2S. The monoisotopic (exact) mass is 227 g/mol. The van der Waals surface area contributed by atoms with Crippen LogP contribution in [0.4, 0.5) is 0 Å². The zero-order chi connectivity index (χ0) is 11.5. The minimum atomic E-state index is -3.49. The maximum Gasteiger partial charge on any atom is 0.245 e. The van der Waals surface area contributed by atoms with Gasteiger partial charge < -0.3 is 10.7 Å². The SMILES string of the molecule is C#CCN(C)S(=O)(=O)c1c[nH]c(CN)c1. The van der Waals surface area contributed by atoms with E-state index in [2.05, 4.69) is 10.9 Å². The van der Waals surface area contributed by atoms with E-state index in [1.165, 1.54) is 19.3 Å². The highest BCUT2D eigenvalue weighted by atomic mass is 32.2. The van der Waals surface area contributed by atoms with E-state index in [0.717, 1.165) is 4.31 Å². The van der Waals surface area contributed by atoms with E-state index < -0.39 is 10.0 Å². The Bertz CT molecular complexity index is 470. The summed E-state index contributed by atoms with van der Waals surface area (Å²) in [5.41, 5.74) is 6.04. The van der Waals surface area contributed by atoms with Crippen molar-refractivity contribution in [2.75, 3.05) is 13.6 Å². The first-order valence-electron chi connectivity index (χ1n) is 4.29. The van der Waals surface area contributed by atoms with E-state index in [9.17, 15) is 8.42 Å². The van der Waals surface area contributed by atoms with Gasteiger partial charge in [0.1, 0.15) is 0 Å². The van der Waals surface area contributed by atoms with Crippen LogP contribution in [0.1, 0.15) is 5.69 Å². The van der Waals surface area contributed by atoms with Crippen molar-refractivity contribution in [2.45, 2.75) is 11.4 Å². The highest BCUT2D eigenvalue weighted by molar-refractivity contribution is 7.89. The quantitative estimate of drug-likeness (QED) is 0.695. The molecule has 0 saturated carbocycles. The Morgan fingerprint density at radius 3 is 2.80 bits per heavy atom. The van der Waals surface area contributed by atoms with Gasteiger partial charge >= 0.3 is 0 Å². The molecule has 6 heteroatoms. The largest absolute Gasteiger partial charge is 0.363 e. The number of nitrogens with one attached hydrogen (secondary N) is 1. The van der Waals surface area contributed by atoms with Crippen LogP contribution in [0, 0.1) is 12.3 Å². The van der Waals surface area contributed by atoms with Crippen molar-refractivity contribution in [1.82, 2.24) is 9.29 Å². The molecule has 0 fully saturated rings. The summed E-state index contributed by atoms with van der Waals surface area (Å²) in [6.45, 7) is 0.319. The lowest BCUT2D eigenvalue weighted by atomic mass is 10.4. The number of hydrogen-bond acceptors (Lipinski definition) is 3. The molecule has 0 amide bonds. The molecule has 1 aromatic rings. The molecule has 1 rings (SSSR count). The normalized spacial score (nSPS) is 11.6. The Morgan fingerprint density at radius 2 is 2.33 bits per heavy atom. The summed E-state index contributed by atoms with van der Waals surface area (Å²) in [4.78, 5) is 2.96. The summed E-state index contributed by atoms with van der Waals surface area (Å²) in [5, 5.41) is 0. The van der Waals surface area contributed by atoms with Gasteiger partial charge in [-0.1, -0.05) is 5.92 Å². The molecule has 0 aliphatic heterocycles. The van der Waals surface area contributed by atoms with Crippen molar-refractivity contribution in [3.05, 3.63) is 18.0 Å². The van der Waals surface area contributed by atoms with Crippen molar-refractivity contribution >= 4 is 10.0 Å². The van der Waals surface area contributed by atoms with Crippen LogP contribution in [0.3, 0.4) is 0 Å². The molecule has 1 aromatic heterocycles. The predicted molar refractivity (Wildman–Crippen MR) is 57.3 cm³/mol. The second-order valence-electron chi connectivity index (χ2n) is 3.03. The third kappa shape index (κ3) is 2.39. The smallest absolute Gasteiger partial charge is 0.245 e. The lowest BCUT2D eigenvalue weighted by molar-refractivity contribution is 0.503. The van der Waals surface area contributed by atoms with Crippen molar-refractivity contribution in [3.8, 4) is 12.3 Å². The van der Waals surface area contributed by atoms with Crippen LogP contribution in [0.5, 0.6) is 0 Å². The average Bonchev–Trinajstić information content (AvgIpc) is 2.66. The molecule has 0 saturated heterocycles. The molecule has 5 nitrogen and oxygen atoms in total. The third-order valence-electron chi connectivity index (χ3n) is 1.96. The van der Waals surface area contributed by atoms with Gasteiger partial charge in [-0.2, -0.15) is 4.31 Å². The van der Waals surface area contributed by atoms with Gasteiger partial charge in [0.05, 0.1) is 11.4 Å². The van der Waals surface area contributed by atoms with E-state index in [4.69, 9.17) is 12.2 Å². The lowest BCUT2D eigenvalue weighted by Crippen LogP contribution is -2.26. The second-order valence-corrected chi connectivity index (χ2v) is 5.07. The number of terminal acetylenes is 1. The van der Waals surface area contributed by atoms with Gasteiger partial charge in [-0.3, -0.25) is 0 Å². The van der Waals surface area contributed by atoms with Gasteiger partial charge in [-0.15, -0.1) is 6.42 Å². The summed E-state index contributed by atoms with van der Waals surface area (Å²) in [6, 6.07) is 1.50. The first-order chi connectivity index (χ1) is 7.02. The Morgan fingerprint density at radius 1 is 1.67 bits per heavy atom. The summed E-state index contributed by atoms with van der Waals surface area (Å²) >= 11 is 0. The topological polar surface area (TPSA) is 79.2 Å². The van der Waals surface area contributed by atoms with Crippen molar-refractivity contribution in [3.63, 3.8) is 0 Å². The average molecular weight is 227 g/mol. The Balaban J connectivity index is 3.01. The molecule has 3 N–H and O–H groups in total. The van der Waals surface area contributed by atoms with Crippen LogP contribution in [-0.4, -0.2) is 31.3 Å². The van der Waals surface area contributed by atoms with E-state index in [1.54, 1.807) is 0 Å². The van der Waals surface area contributed by atoms with E-state index in [0.29, 0.717) is 5.69 Å². The number of nitrogens with two attached hydrogens (primary N) is 1. The number of sulfonamides is 1. The molecule has 1 heterocycles. The Labute approximate surface area is 89.3 Å². The van der Waals surface area contributed by atoms with E-state index in [1.807, 2.05) is 0 Å². The number of nitrogens with zero attached hydrogens (tertiary/aromatic N) is 1. The van der Waals surface area contributed by atoms with Crippen LogP contribution in [0.25, 0.3) is 0 Å². The fourth-order valence-corrected chi connectivity index (χ4v) is 2.18. The highest BCUT2D eigenvalue weighted by Crippen LogP contribution is 2.14. The third-order valence-corrected chi connectivity index (χ3v) is 3.74. The second kappa shape index (κ2) is 4.49. The fourth-order valence-electron chi connectivity index (χ4n) is 1.08. The van der Waals surface area contributed by atoms with Gasteiger partial charge in [0.25, 0.3) is 0 Å². The minimum absolute atomic E-state index is 0.0471. The summed E-state index contributed by atoms with van der Waals surface area (Å²) < 4.78 is 24.7. The zero-order valence-corrected chi connectivity index (χ0v) is 9.21. The summed E-state index contributed by atoms with van der Waals surface area (Å²) in [7, 11) is -2.05. The van der Waals surface area contributed by atoms with Gasteiger partial charge in [0, 0.05) is 25.5 Å². The van der Waals surface area contributed by atoms with Crippen molar-refractivity contribution in [2.24, 2.45) is 5.73 Å². The number of rotatable bonds is 4. The number of hydrogen-bond donors (Lipinski definition) is 2. The number of aromatic nitrogens is 1. The van der Waals surface area contributed by atoms with Gasteiger partial charge in [0.2, 0.25) is 10.0 Å². The first-order valence-corrected chi connectivity index (χ1v) is 5.73. The first kappa shape index (κ1) is 11.8. The summed E-state index contributed by atoms with van der Waals surface area (Å²) in [5.74, 6) is 2.28. The van der Waals surface area contributed by atoms with Crippen LogP contribution >= 0.6 is 0 Å². The molecular weight excluding hydrogens is 214 g/mol. The molecule has 0 aromatic carbocycles. The number of H-pyrrole nitrogens is 1. The lowest BCUT2D eigenvalue weighted by Gasteiger charge is -2.12. The highest BCUT2D eigenvalue weighted by Gasteiger charge is 2.20. The molecule has 0 atom stereocenters. The molecule has 15 heavy (non-hydrogen) atoms. The Hall–Kier alpha value is -1.29. The predicted octanol–water partition coefficient (Wildman–Crippen LogP) is -0.273. The van der Waals surface area contributed by atoms with Crippen LogP contribution in [0.2, 0.25) is 0 Å².